The summed E-state index contributed by atoms with van der Waals surface area (Å²) in [7, 11) is 1.43. The SMILES string of the molecule is CCOC(=O)C1=C(C)N=C2SC=CN2[C@H]1c1ccc(OCC(=O)Nc2cccc(C(F)(F)F)c2)c(OC)c1. The number of esters is 1. The number of hydrogen-bond donors (Lipinski definition) is 1. The van der Waals surface area contributed by atoms with Crippen molar-refractivity contribution in [3.63, 3.8) is 0 Å². The molecule has 2 heterocycles. The molecular formula is C26H24F3N3O5S. The number of carbonyl (C=O) groups excluding carboxylic acids is 2. The molecule has 12 heteroatoms. The molecule has 0 aromatic heterocycles. The highest BCUT2D eigenvalue weighted by Gasteiger charge is 2.38. The average Bonchev–Trinajstić information content (AvgIpc) is 3.34. The van der Waals surface area contributed by atoms with Crippen molar-refractivity contribution in [2.75, 3.05) is 25.6 Å². The summed E-state index contributed by atoms with van der Waals surface area (Å²) in [5, 5.41) is 4.97. The molecule has 4 rings (SSSR count). The van der Waals surface area contributed by atoms with Gasteiger partial charge in [0, 0.05) is 11.9 Å². The van der Waals surface area contributed by atoms with E-state index in [1.807, 2.05) is 16.5 Å². The largest absolute Gasteiger partial charge is 0.493 e. The van der Waals surface area contributed by atoms with Gasteiger partial charge in [0.05, 0.1) is 36.6 Å². The normalized spacial score (nSPS) is 16.6. The van der Waals surface area contributed by atoms with Crippen molar-refractivity contribution in [3.05, 3.63) is 76.5 Å². The molecule has 200 valence electrons. The standard InChI is InChI=1S/C26H24F3N3O5S/c1-4-36-24(34)22-15(2)30-25-32(10-11-38-25)23(22)16-8-9-19(20(12-16)35-3)37-14-21(33)31-18-7-5-6-17(13-18)26(27,28)29/h5-13,23H,4,14H2,1-3H3,(H,31,33)/t23-/m0/s1. The fraction of sp³-hybridized carbons (Fsp3) is 0.269. The van der Waals surface area contributed by atoms with Gasteiger partial charge in [0.25, 0.3) is 5.91 Å². The van der Waals surface area contributed by atoms with Crippen molar-refractivity contribution in [2.45, 2.75) is 26.1 Å². The fourth-order valence-corrected chi connectivity index (χ4v) is 4.78. The van der Waals surface area contributed by atoms with Crippen molar-refractivity contribution < 1.29 is 37.0 Å². The van der Waals surface area contributed by atoms with Gasteiger partial charge in [0.2, 0.25) is 0 Å². The third-order valence-electron chi connectivity index (χ3n) is 5.65. The molecule has 1 atom stereocenters. The quantitative estimate of drug-likeness (QED) is 0.437. The van der Waals surface area contributed by atoms with Gasteiger partial charge in [-0.2, -0.15) is 13.2 Å². The number of fused-ring (bicyclic) bond motifs is 1. The summed E-state index contributed by atoms with van der Waals surface area (Å²) >= 11 is 1.43. The monoisotopic (exact) mass is 547 g/mol. The van der Waals surface area contributed by atoms with E-state index in [4.69, 9.17) is 14.2 Å². The van der Waals surface area contributed by atoms with Crippen LogP contribution in [-0.4, -0.2) is 42.3 Å². The number of anilines is 1. The summed E-state index contributed by atoms with van der Waals surface area (Å²) < 4.78 is 55.2. The van der Waals surface area contributed by atoms with Gasteiger partial charge in [-0.25, -0.2) is 9.79 Å². The number of methoxy groups -OCH3 is 1. The molecule has 0 unspecified atom stereocenters. The van der Waals surface area contributed by atoms with Crippen LogP contribution in [0.2, 0.25) is 0 Å². The highest BCUT2D eigenvalue weighted by Crippen LogP contribution is 2.43. The summed E-state index contributed by atoms with van der Waals surface area (Å²) in [6, 6.07) is 8.82. The van der Waals surface area contributed by atoms with Crippen LogP contribution < -0.4 is 14.8 Å². The second kappa shape index (κ2) is 11.2. The number of amides is 1. The summed E-state index contributed by atoms with van der Waals surface area (Å²) in [5.74, 6) is -0.584. The molecule has 0 spiro atoms. The molecule has 1 amide bonds. The van der Waals surface area contributed by atoms with Crippen LogP contribution in [0.25, 0.3) is 0 Å². The van der Waals surface area contributed by atoms with Gasteiger partial charge in [-0.1, -0.05) is 23.9 Å². The van der Waals surface area contributed by atoms with E-state index in [1.54, 1.807) is 32.0 Å². The number of nitrogens with zero attached hydrogens (tertiary/aromatic N) is 2. The Morgan fingerprint density at radius 1 is 1.16 bits per heavy atom. The number of benzene rings is 2. The average molecular weight is 548 g/mol. The van der Waals surface area contributed by atoms with Gasteiger partial charge >= 0.3 is 12.1 Å². The number of aliphatic imine (C=N–C) groups is 1. The number of ether oxygens (including phenoxy) is 3. The number of carbonyl (C=O) groups is 2. The molecular weight excluding hydrogens is 523 g/mol. The van der Waals surface area contributed by atoms with Crippen LogP contribution in [0.1, 0.15) is 31.0 Å². The van der Waals surface area contributed by atoms with E-state index < -0.39 is 36.3 Å². The van der Waals surface area contributed by atoms with E-state index in [0.29, 0.717) is 27.8 Å². The van der Waals surface area contributed by atoms with Crippen LogP contribution >= 0.6 is 11.8 Å². The number of allylic oxidation sites excluding steroid dienone is 1. The van der Waals surface area contributed by atoms with E-state index in [1.165, 1.54) is 31.0 Å². The zero-order chi connectivity index (χ0) is 27.4. The molecule has 1 N–H and O–H groups in total. The maximum Gasteiger partial charge on any atom is 0.416 e. The van der Waals surface area contributed by atoms with Crippen molar-refractivity contribution in [1.29, 1.82) is 0 Å². The lowest BCUT2D eigenvalue weighted by atomic mass is 9.94. The number of thioether (sulfide) groups is 1. The van der Waals surface area contributed by atoms with Crippen molar-refractivity contribution >= 4 is 34.5 Å². The van der Waals surface area contributed by atoms with Crippen LogP contribution in [0.4, 0.5) is 18.9 Å². The molecule has 0 radical (unpaired) electrons. The van der Waals surface area contributed by atoms with E-state index >= 15 is 0 Å². The molecule has 0 fully saturated rings. The molecule has 38 heavy (non-hydrogen) atoms. The Morgan fingerprint density at radius 3 is 2.66 bits per heavy atom. The molecule has 2 aliphatic rings. The first-order chi connectivity index (χ1) is 18.1. The molecule has 0 bridgehead atoms. The number of rotatable bonds is 8. The number of nitrogens with one attached hydrogen (secondary N) is 1. The van der Waals surface area contributed by atoms with Crippen LogP contribution in [-0.2, 0) is 20.5 Å². The fourth-order valence-electron chi connectivity index (χ4n) is 3.99. The molecule has 2 aromatic rings. The Hall–Kier alpha value is -3.93. The highest BCUT2D eigenvalue weighted by molar-refractivity contribution is 8.16. The number of halogens is 3. The summed E-state index contributed by atoms with van der Waals surface area (Å²) in [4.78, 5) is 31.6. The maximum absolute atomic E-state index is 12.9. The third-order valence-corrected chi connectivity index (χ3v) is 6.42. The Bertz CT molecular complexity index is 1340. The minimum Gasteiger partial charge on any atom is -0.493 e. The lowest BCUT2D eigenvalue weighted by molar-refractivity contribution is -0.139. The van der Waals surface area contributed by atoms with Gasteiger partial charge in [-0.3, -0.25) is 4.79 Å². The zero-order valence-electron chi connectivity index (χ0n) is 20.7. The summed E-state index contributed by atoms with van der Waals surface area (Å²) in [6.45, 7) is 3.22. The van der Waals surface area contributed by atoms with E-state index in [0.717, 1.165) is 12.1 Å². The summed E-state index contributed by atoms with van der Waals surface area (Å²) in [6.07, 6.45) is -2.70. The minimum atomic E-state index is -4.53. The van der Waals surface area contributed by atoms with Gasteiger partial charge < -0.3 is 24.4 Å². The molecule has 0 saturated carbocycles. The smallest absolute Gasteiger partial charge is 0.416 e. The van der Waals surface area contributed by atoms with Gasteiger partial charge in [0.1, 0.15) is 0 Å². The second-order valence-electron chi connectivity index (χ2n) is 8.15. The number of alkyl halides is 3. The molecule has 8 nitrogen and oxygen atoms in total. The van der Waals surface area contributed by atoms with Gasteiger partial charge in [-0.05, 0) is 55.2 Å². The summed E-state index contributed by atoms with van der Waals surface area (Å²) in [5.41, 5.74) is 0.753. The molecule has 2 aliphatic heterocycles. The Morgan fingerprint density at radius 2 is 1.95 bits per heavy atom. The third kappa shape index (κ3) is 5.80. The van der Waals surface area contributed by atoms with Crippen LogP contribution in [0, 0.1) is 0 Å². The molecule has 0 aliphatic carbocycles. The highest BCUT2D eigenvalue weighted by atomic mass is 32.2. The molecule has 2 aromatic carbocycles. The van der Waals surface area contributed by atoms with E-state index in [-0.39, 0.29) is 18.0 Å². The predicted molar refractivity (Wildman–Crippen MR) is 137 cm³/mol. The second-order valence-corrected chi connectivity index (χ2v) is 9.03. The van der Waals surface area contributed by atoms with Crippen molar-refractivity contribution in [1.82, 2.24) is 4.90 Å². The van der Waals surface area contributed by atoms with Crippen LogP contribution in [0.3, 0.4) is 0 Å². The Kier molecular flexibility index (Phi) is 8.00. The first-order valence-corrected chi connectivity index (χ1v) is 12.4. The van der Waals surface area contributed by atoms with Crippen molar-refractivity contribution in [3.8, 4) is 11.5 Å². The van der Waals surface area contributed by atoms with Crippen molar-refractivity contribution in [2.24, 2.45) is 4.99 Å². The zero-order valence-corrected chi connectivity index (χ0v) is 21.5. The lowest BCUT2D eigenvalue weighted by Crippen LogP contribution is -2.34. The predicted octanol–water partition coefficient (Wildman–Crippen LogP) is 5.50. The van der Waals surface area contributed by atoms with Gasteiger partial charge in [0.15, 0.2) is 23.3 Å². The Balaban J connectivity index is 1.52. The maximum atomic E-state index is 12.9. The number of amidine groups is 1. The minimum absolute atomic E-state index is 0.00399. The van der Waals surface area contributed by atoms with E-state index in [2.05, 4.69) is 10.3 Å². The van der Waals surface area contributed by atoms with E-state index in [9.17, 15) is 22.8 Å². The topological polar surface area (TPSA) is 89.5 Å². The first kappa shape index (κ1) is 27.1. The Labute approximate surface area is 221 Å². The lowest BCUT2D eigenvalue weighted by Gasteiger charge is -2.33. The van der Waals surface area contributed by atoms with Gasteiger partial charge in [-0.15, -0.1) is 0 Å². The molecule has 0 saturated heterocycles. The van der Waals surface area contributed by atoms with Crippen LogP contribution in [0.5, 0.6) is 11.5 Å². The first-order valence-electron chi connectivity index (χ1n) is 11.5. The number of hydrogen-bond acceptors (Lipinski definition) is 8. The van der Waals surface area contributed by atoms with Crippen LogP contribution in [0.15, 0.2) is 70.3 Å².